The molecule has 1 aromatic carbocycles. The third-order valence-corrected chi connectivity index (χ3v) is 2.87. The van der Waals surface area contributed by atoms with Gasteiger partial charge in [0.05, 0.1) is 11.6 Å². The van der Waals surface area contributed by atoms with Crippen molar-refractivity contribution < 1.29 is 19.1 Å². The number of carbonyl (C=O) groups is 1. The van der Waals surface area contributed by atoms with Gasteiger partial charge in [-0.1, -0.05) is 24.4 Å². The number of ether oxygens (including phenoxy) is 1. The number of rotatable bonds is 8. The van der Waals surface area contributed by atoms with E-state index in [2.05, 4.69) is 0 Å². The molecule has 0 aromatic heterocycles. The molecule has 1 aromatic rings. The van der Waals surface area contributed by atoms with Gasteiger partial charge in [0, 0.05) is 6.42 Å². The molecule has 19 heavy (non-hydrogen) atoms. The maximum Gasteiger partial charge on any atom is 0.243 e. The number of halogens is 2. The van der Waals surface area contributed by atoms with Crippen molar-refractivity contribution in [2.45, 2.75) is 32.1 Å². The van der Waals surface area contributed by atoms with Crippen LogP contribution in [-0.4, -0.2) is 17.7 Å². The molecule has 0 aliphatic heterocycles. The van der Waals surface area contributed by atoms with Crippen LogP contribution >= 0.6 is 11.6 Å². The number of benzene rings is 1. The molecule has 0 fully saturated rings. The van der Waals surface area contributed by atoms with E-state index in [0.717, 1.165) is 25.7 Å². The maximum atomic E-state index is 12.8. The van der Waals surface area contributed by atoms with Crippen LogP contribution < -0.4 is 10.2 Å². The minimum Gasteiger partial charge on any atom is -0.492 e. The molecule has 0 spiro atoms. The first-order chi connectivity index (χ1) is 9.13. The number of hydroxylamine groups is 1. The Morgan fingerprint density at radius 1 is 1.32 bits per heavy atom. The summed E-state index contributed by atoms with van der Waals surface area (Å²) in [6.45, 7) is 0.498. The lowest BCUT2D eigenvalue weighted by atomic mass is 10.1. The van der Waals surface area contributed by atoms with Gasteiger partial charge < -0.3 is 4.74 Å². The van der Waals surface area contributed by atoms with E-state index in [1.165, 1.54) is 18.2 Å². The lowest BCUT2D eigenvalue weighted by Crippen LogP contribution is -2.17. The van der Waals surface area contributed by atoms with E-state index in [1.54, 1.807) is 5.48 Å². The number of unbranched alkanes of at least 4 members (excludes halogenated alkanes) is 3. The van der Waals surface area contributed by atoms with Crippen LogP contribution in [0.25, 0.3) is 0 Å². The van der Waals surface area contributed by atoms with E-state index in [-0.39, 0.29) is 16.7 Å². The SMILES string of the molecule is O=C(CCCCCCOc1ccc(F)cc1Cl)NO. The average molecular weight is 290 g/mol. The fourth-order valence-electron chi connectivity index (χ4n) is 1.57. The van der Waals surface area contributed by atoms with Gasteiger partial charge in [0.25, 0.3) is 0 Å². The van der Waals surface area contributed by atoms with E-state index < -0.39 is 0 Å². The Morgan fingerprint density at radius 3 is 2.74 bits per heavy atom. The highest BCUT2D eigenvalue weighted by Crippen LogP contribution is 2.25. The van der Waals surface area contributed by atoms with Crippen LogP contribution in [0.5, 0.6) is 5.75 Å². The van der Waals surface area contributed by atoms with Crippen LogP contribution in [0.4, 0.5) is 4.39 Å². The fourth-order valence-corrected chi connectivity index (χ4v) is 1.79. The molecule has 0 saturated carbocycles. The van der Waals surface area contributed by atoms with Gasteiger partial charge in [-0.05, 0) is 31.0 Å². The summed E-state index contributed by atoms with van der Waals surface area (Å²) in [4.78, 5) is 10.7. The van der Waals surface area contributed by atoms with Crippen molar-refractivity contribution in [3.8, 4) is 5.75 Å². The zero-order valence-corrected chi connectivity index (χ0v) is 11.3. The fraction of sp³-hybridized carbons (Fsp3) is 0.462. The van der Waals surface area contributed by atoms with Crippen LogP contribution in [-0.2, 0) is 4.79 Å². The maximum absolute atomic E-state index is 12.8. The number of amides is 1. The van der Waals surface area contributed by atoms with Gasteiger partial charge in [-0.15, -0.1) is 0 Å². The zero-order chi connectivity index (χ0) is 14.1. The first kappa shape index (κ1) is 15.7. The summed E-state index contributed by atoms with van der Waals surface area (Å²) >= 11 is 5.81. The largest absolute Gasteiger partial charge is 0.492 e. The van der Waals surface area contributed by atoms with Crippen molar-refractivity contribution in [1.82, 2.24) is 5.48 Å². The molecule has 6 heteroatoms. The van der Waals surface area contributed by atoms with E-state index in [0.29, 0.717) is 18.8 Å². The van der Waals surface area contributed by atoms with Crippen LogP contribution in [0.15, 0.2) is 18.2 Å². The number of hydrogen-bond acceptors (Lipinski definition) is 3. The summed E-state index contributed by atoms with van der Waals surface area (Å²) in [6, 6.07) is 4.02. The number of hydrogen-bond donors (Lipinski definition) is 2. The zero-order valence-electron chi connectivity index (χ0n) is 10.5. The Balaban J connectivity index is 2.09. The molecule has 0 heterocycles. The van der Waals surface area contributed by atoms with Crippen LogP contribution in [0.2, 0.25) is 5.02 Å². The normalized spacial score (nSPS) is 10.3. The lowest BCUT2D eigenvalue weighted by Gasteiger charge is -2.07. The molecular formula is C13H17ClFNO3. The minimum atomic E-state index is -0.389. The molecule has 0 radical (unpaired) electrons. The van der Waals surface area contributed by atoms with Crippen molar-refractivity contribution in [1.29, 1.82) is 0 Å². The quantitative estimate of drug-likeness (QED) is 0.438. The first-order valence-corrected chi connectivity index (χ1v) is 6.52. The summed E-state index contributed by atoms with van der Waals surface area (Å²) in [5.74, 6) is -0.281. The van der Waals surface area contributed by atoms with Gasteiger partial charge in [0.1, 0.15) is 11.6 Å². The van der Waals surface area contributed by atoms with Crippen LogP contribution in [0.1, 0.15) is 32.1 Å². The summed E-state index contributed by atoms with van der Waals surface area (Å²) < 4.78 is 18.2. The molecule has 0 aliphatic carbocycles. The Hall–Kier alpha value is -1.33. The summed E-state index contributed by atoms with van der Waals surface area (Å²) in [7, 11) is 0. The van der Waals surface area contributed by atoms with E-state index in [9.17, 15) is 9.18 Å². The van der Waals surface area contributed by atoms with Gasteiger partial charge >= 0.3 is 0 Å². The summed E-state index contributed by atoms with van der Waals surface area (Å²) in [5.41, 5.74) is 1.59. The van der Waals surface area contributed by atoms with Crippen molar-refractivity contribution in [3.63, 3.8) is 0 Å². The van der Waals surface area contributed by atoms with Crippen molar-refractivity contribution >= 4 is 17.5 Å². The molecule has 0 bridgehead atoms. The molecule has 1 amide bonds. The Bertz CT molecular complexity index is 415. The second-order valence-corrected chi connectivity index (χ2v) is 4.53. The highest BCUT2D eigenvalue weighted by molar-refractivity contribution is 6.32. The van der Waals surface area contributed by atoms with E-state index >= 15 is 0 Å². The Morgan fingerprint density at radius 2 is 2.05 bits per heavy atom. The van der Waals surface area contributed by atoms with Gasteiger partial charge in [0.2, 0.25) is 5.91 Å². The Kier molecular flexibility index (Phi) is 7.22. The monoisotopic (exact) mass is 289 g/mol. The molecule has 0 unspecified atom stereocenters. The third-order valence-electron chi connectivity index (χ3n) is 2.57. The predicted molar refractivity (Wildman–Crippen MR) is 69.9 cm³/mol. The van der Waals surface area contributed by atoms with E-state index in [1.807, 2.05) is 0 Å². The smallest absolute Gasteiger partial charge is 0.243 e. The van der Waals surface area contributed by atoms with Crippen molar-refractivity contribution in [2.75, 3.05) is 6.61 Å². The number of nitrogens with one attached hydrogen (secondary N) is 1. The standard InChI is InChI=1S/C13H17ClFNO3/c14-11-9-10(15)6-7-12(11)19-8-4-2-1-3-5-13(17)16-18/h6-7,9,18H,1-5,8H2,(H,16,17). The summed E-state index contributed by atoms with van der Waals surface area (Å²) in [6.07, 6.45) is 3.67. The van der Waals surface area contributed by atoms with Crippen molar-refractivity contribution in [3.05, 3.63) is 29.0 Å². The number of carbonyl (C=O) groups excluding carboxylic acids is 1. The molecule has 0 saturated heterocycles. The van der Waals surface area contributed by atoms with E-state index in [4.69, 9.17) is 21.5 Å². The van der Waals surface area contributed by atoms with Gasteiger partial charge in [0.15, 0.2) is 0 Å². The second-order valence-electron chi connectivity index (χ2n) is 4.12. The summed E-state index contributed by atoms with van der Waals surface area (Å²) in [5, 5.41) is 8.55. The minimum absolute atomic E-state index is 0.264. The average Bonchev–Trinajstić information content (AvgIpc) is 2.39. The van der Waals surface area contributed by atoms with Gasteiger partial charge in [-0.2, -0.15) is 0 Å². The molecule has 106 valence electrons. The van der Waals surface area contributed by atoms with Crippen LogP contribution in [0, 0.1) is 5.82 Å². The first-order valence-electron chi connectivity index (χ1n) is 6.14. The van der Waals surface area contributed by atoms with Crippen molar-refractivity contribution in [2.24, 2.45) is 0 Å². The molecule has 1 rings (SSSR count). The highest BCUT2D eigenvalue weighted by Gasteiger charge is 2.03. The van der Waals surface area contributed by atoms with Crippen LogP contribution in [0.3, 0.4) is 0 Å². The molecule has 0 atom stereocenters. The molecule has 0 aliphatic rings. The topological polar surface area (TPSA) is 58.6 Å². The van der Waals surface area contributed by atoms with Gasteiger partial charge in [-0.3, -0.25) is 10.0 Å². The molecule has 2 N–H and O–H groups in total. The predicted octanol–water partition coefficient (Wildman–Crippen LogP) is 3.31. The third kappa shape index (κ3) is 6.40. The highest BCUT2D eigenvalue weighted by atomic mass is 35.5. The molecular weight excluding hydrogens is 273 g/mol. The second kappa shape index (κ2) is 8.72. The lowest BCUT2D eigenvalue weighted by molar-refractivity contribution is -0.129. The molecule has 4 nitrogen and oxygen atoms in total. The Labute approximate surface area is 116 Å². The van der Waals surface area contributed by atoms with Gasteiger partial charge in [-0.25, -0.2) is 9.87 Å².